The van der Waals surface area contributed by atoms with Gasteiger partial charge in [0.05, 0.1) is 16.0 Å². The zero-order valence-electron chi connectivity index (χ0n) is 13.5. The highest BCUT2D eigenvalue weighted by molar-refractivity contribution is 6.42. The first-order valence-corrected chi connectivity index (χ1v) is 8.60. The van der Waals surface area contributed by atoms with Crippen LogP contribution in [0, 0.1) is 11.7 Å². The molecule has 0 saturated carbocycles. The molecule has 1 aliphatic heterocycles. The fourth-order valence-electron chi connectivity index (χ4n) is 2.46. The molecule has 8 heteroatoms. The Morgan fingerprint density at radius 2 is 1.88 bits per heavy atom. The zero-order chi connectivity index (χ0) is 18.7. The lowest BCUT2D eigenvalue weighted by Gasteiger charge is -2.38. The molecule has 0 aliphatic carbocycles. The van der Waals surface area contributed by atoms with Gasteiger partial charge in [-0.15, -0.1) is 0 Å². The molecule has 0 aromatic heterocycles. The summed E-state index contributed by atoms with van der Waals surface area (Å²) in [5, 5.41) is 3.49. The third kappa shape index (κ3) is 4.26. The third-order valence-electron chi connectivity index (χ3n) is 3.98. The van der Waals surface area contributed by atoms with Gasteiger partial charge >= 0.3 is 0 Å². The Kier molecular flexibility index (Phi) is 5.64. The van der Waals surface area contributed by atoms with E-state index in [2.05, 4.69) is 5.32 Å². The van der Waals surface area contributed by atoms with Gasteiger partial charge in [0, 0.05) is 18.8 Å². The van der Waals surface area contributed by atoms with Gasteiger partial charge in [0.25, 0.3) is 5.91 Å². The minimum Gasteiger partial charge on any atom is -0.481 e. The van der Waals surface area contributed by atoms with Crippen molar-refractivity contribution in [2.24, 2.45) is 5.92 Å². The molecular formula is C18H15Cl2FN2O3. The van der Waals surface area contributed by atoms with E-state index in [4.69, 9.17) is 27.9 Å². The summed E-state index contributed by atoms with van der Waals surface area (Å²) in [7, 11) is 0. The molecule has 2 amide bonds. The van der Waals surface area contributed by atoms with Crippen LogP contribution in [0.5, 0.6) is 5.75 Å². The first-order valence-electron chi connectivity index (χ1n) is 7.85. The maximum atomic E-state index is 13.4. The number of carbonyl (C=O) groups is 2. The molecule has 0 radical (unpaired) electrons. The molecule has 2 aromatic carbocycles. The number of nitrogens with one attached hydrogen (secondary N) is 1. The predicted octanol–water partition coefficient (Wildman–Crippen LogP) is 3.61. The Balaban J connectivity index is 1.45. The molecule has 1 aliphatic rings. The standard InChI is InChI=1S/C18H15Cl2FN2O3/c19-13-6-5-12(7-14(13)20)22-18(25)11-8-23(9-11)17(24)10-26-16-4-2-1-3-15(16)21/h1-7,11H,8-10H2,(H,22,25). The smallest absolute Gasteiger partial charge is 0.260 e. The molecule has 2 aromatic rings. The second-order valence-corrected chi connectivity index (χ2v) is 6.65. The van der Waals surface area contributed by atoms with Crippen molar-refractivity contribution in [2.75, 3.05) is 25.0 Å². The number of halogens is 3. The van der Waals surface area contributed by atoms with Gasteiger partial charge in [0.2, 0.25) is 5.91 Å². The quantitative estimate of drug-likeness (QED) is 0.839. The largest absolute Gasteiger partial charge is 0.481 e. The van der Waals surface area contributed by atoms with Crippen molar-refractivity contribution in [1.82, 2.24) is 4.90 Å². The van der Waals surface area contributed by atoms with E-state index in [-0.39, 0.29) is 43.2 Å². The number of nitrogens with zero attached hydrogens (tertiary/aromatic N) is 1. The maximum Gasteiger partial charge on any atom is 0.260 e. The Morgan fingerprint density at radius 3 is 2.58 bits per heavy atom. The molecule has 1 saturated heterocycles. The summed E-state index contributed by atoms with van der Waals surface area (Å²) in [6, 6.07) is 10.7. The lowest BCUT2D eigenvalue weighted by Crippen LogP contribution is -2.55. The Labute approximate surface area is 159 Å². The average Bonchev–Trinajstić information content (AvgIpc) is 2.56. The van der Waals surface area contributed by atoms with Crippen LogP contribution in [0.1, 0.15) is 0 Å². The third-order valence-corrected chi connectivity index (χ3v) is 4.72. The molecule has 5 nitrogen and oxygen atoms in total. The Hall–Kier alpha value is -2.31. The van der Waals surface area contributed by atoms with Crippen LogP contribution in [-0.4, -0.2) is 36.4 Å². The van der Waals surface area contributed by atoms with E-state index >= 15 is 0 Å². The summed E-state index contributed by atoms with van der Waals surface area (Å²) in [5.41, 5.74) is 0.539. The minimum atomic E-state index is -0.525. The number of anilines is 1. The van der Waals surface area contributed by atoms with Crippen molar-refractivity contribution in [3.63, 3.8) is 0 Å². The Morgan fingerprint density at radius 1 is 1.15 bits per heavy atom. The number of hydrogen-bond donors (Lipinski definition) is 1. The predicted molar refractivity (Wildman–Crippen MR) is 97.1 cm³/mol. The van der Waals surface area contributed by atoms with Crippen LogP contribution in [0.3, 0.4) is 0 Å². The molecule has 3 rings (SSSR count). The van der Waals surface area contributed by atoms with E-state index in [0.29, 0.717) is 15.7 Å². The van der Waals surface area contributed by atoms with E-state index in [1.165, 1.54) is 23.1 Å². The van der Waals surface area contributed by atoms with Crippen molar-refractivity contribution < 1.29 is 18.7 Å². The SMILES string of the molecule is O=C(Nc1ccc(Cl)c(Cl)c1)C1CN(C(=O)COc2ccccc2F)C1. The van der Waals surface area contributed by atoms with Gasteiger partial charge in [-0.25, -0.2) is 4.39 Å². The molecule has 1 N–H and O–H groups in total. The monoisotopic (exact) mass is 396 g/mol. The minimum absolute atomic E-state index is 0.0234. The van der Waals surface area contributed by atoms with Crippen LogP contribution >= 0.6 is 23.2 Å². The van der Waals surface area contributed by atoms with E-state index in [1.807, 2.05) is 0 Å². The number of para-hydroxylation sites is 1. The van der Waals surface area contributed by atoms with Crippen molar-refractivity contribution in [1.29, 1.82) is 0 Å². The summed E-state index contributed by atoms with van der Waals surface area (Å²) in [4.78, 5) is 25.7. The number of hydrogen-bond acceptors (Lipinski definition) is 3. The van der Waals surface area contributed by atoms with Crippen LogP contribution in [0.15, 0.2) is 42.5 Å². The molecule has 1 fully saturated rings. The topological polar surface area (TPSA) is 58.6 Å². The van der Waals surface area contributed by atoms with Crippen molar-refractivity contribution in [2.45, 2.75) is 0 Å². The van der Waals surface area contributed by atoms with Crippen LogP contribution in [0.2, 0.25) is 10.0 Å². The first kappa shape index (κ1) is 18.5. The second kappa shape index (κ2) is 7.93. The maximum absolute atomic E-state index is 13.4. The molecule has 0 atom stereocenters. The van der Waals surface area contributed by atoms with Gasteiger partial charge < -0.3 is 15.0 Å². The van der Waals surface area contributed by atoms with Crippen molar-refractivity contribution >= 4 is 40.7 Å². The van der Waals surface area contributed by atoms with Gasteiger partial charge in [0.1, 0.15) is 0 Å². The van der Waals surface area contributed by atoms with Gasteiger partial charge in [-0.2, -0.15) is 0 Å². The number of carbonyl (C=O) groups excluding carboxylic acids is 2. The molecular weight excluding hydrogens is 382 g/mol. The zero-order valence-corrected chi connectivity index (χ0v) is 15.1. The fraction of sp³-hybridized carbons (Fsp3) is 0.222. The van der Waals surface area contributed by atoms with Crippen molar-refractivity contribution in [3.8, 4) is 5.75 Å². The summed E-state index contributed by atoms with van der Waals surface area (Å²) < 4.78 is 18.6. The number of benzene rings is 2. The number of ether oxygens (including phenoxy) is 1. The summed E-state index contributed by atoms with van der Waals surface area (Å²) in [5.74, 6) is -1.32. The van der Waals surface area contributed by atoms with Crippen LogP contribution in [0.25, 0.3) is 0 Å². The average molecular weight is 397 g/mol. The molecule has 1 heterocycles. The van der Waals surface area contributed by atoms with E-state index < -0.39 is 5.82 Å². The highest BCUT2D eigenvalue weighted by Gasteiger charge is 2.35. The molecule has 136 valence electrons. The highest BCUT2D eigenvalue weighted by Crippen LogP contribution is 2.26. The lowest BCUT2D eigenvalue weighted by molar-refractivity contribution is -0.143. The second-order valence-electron chi connectivity index (χ2n) is 5.83. The molecule has 0 unspecified atom stereocenters. The van der Waals surface area contributed by atoms with Crippen LogP contribution in [0.4, 0.5) is 10.1 Å². The molecule has 0 bridgehead atoms. The van der Waals surface area contributed by atoms with Crippen LogP contribution in [-0.2, 0) is 9.59 Å². The summed E-state index contributed by atoms with van der Waals surface area (Å²) in [6.45, 7) is 0.293. The van der Waals surface area contributed by atoms with E-state index in [1.54, 1.807) is 24.3 Å². The Bertz CT molecular complexity index is 841. The van der Waals surface area contributed by atoms with Crippen molar-refractivity contribution in [3.05, 3.63) is 58.3 Å². The number of likely N-dealkylation sites (tertiary alicyclic amines) is 1. The van der Waals surface area contributed by atoms with E-state index in [0.717, 1.165) is 0 Å². The van der Waals surface area contributed by atoms with Gasteiger partial charge in [-0.1, -0.05) is 35.3 Å². The summed E-state index contributed by atoms with van der Waals surface area (Å²) in [6.07, 6.45) is 0. The normalized spacial score (nSPS) is 13.9. The van der Waals surface area contributed by atoms with Gasteiger partial charge in [-0.05, 0) is 30.3 Å². The lowest BCUT2D eigenvalue weighted by atomic mass is 9.99. The first-order chi connectivity index (χ1) is 12.4. The van der Waals surface area contributed by atoms with Gasteiger partial charge in [0.15, 0.2) is 18.2 Å². The number of amides is 2. The van der Waals surface area contributed by atoms with E-state index in [9.17, 15) is 14.0 Å². The van der Waals surface area contributed by atoms with Crippen LogP contribution < -0.4 is 10.1 Å². The molecule has 0 spiro atoms. The van der Waals surface area contributed by atoms with Gasteiger partial charge in [-0.3, -0.25) is 9.59 Å². The summed E-state index contributed by atoms with van der Waals surface area (Å²) >= 11 is 11.7. The fourth-order valence-corrected chi connectivity index (χ4v) is 2.76. The number of rotatable bonds is 5. The molecule has 26 heavy (non-hydrogen) atoms. The highest BCUT2D eigenvalue weighted by atomic mass is 35.5.